The number of hydrogen-bond donors (Lipinski definition) is 1. The van der Waals surface area contributed by atoms with Crippen LogP contribution in [0.25, 0.3) is 0 Å². The first-order valence-corrected chi connectivity index (χ1v) is 2.99. The molecule has 1 aliphatic rings. The molecular weight excluding hydrogens is 88.1 g/mol. The summed E-state index contributed by atoms with van der Waals surface area (Å²) in [5, 5.41) is 9.00. The molecule has 1 aliphatic carbocycles. The number of rotatable bonds is 0. The van der Waals surface area contributed by atoms with Crippen molar-refractivity contribution in [3.63, 3.8) is 0 Å². The van der Waals surface area contributed by atoms with Crippen LogP contribution < -0.4 is 0 Å². The zero-order valence-electron chi connectivity index (χ0n) is 4.72. The highest BCUT2D eigenvalue weighted by atomic mass is 16.3. The molecule has 1 heteroatoms. The highest BCUT2D eigenvalue weighted by molar-refractivity contribution is 4.71. The molecule has 0 aliphatic heterocycles. The van der Waals surface area contributed by atoms with Gasteiger partial charge in [-0.3, -0.25) is 0 Å². The normalized spacial score (nSPS) is 42.0. The Kier molecular flexibility index (Phi) is 1.33. The average Bonchev–Trinajstić information content (AvgIpc) is 1.91. The average molecular weight is 100 g/mol. The summed E-state index contributed by atoms with van der Waals surface area (Å²) in [4.78, 5) is 0. The highest BCUT2D eigenvalue weighted by Crippen LogP contribution is 2.23. The molecule has 0 heterocycles. The number of aliphatic hydroxyl groups is 1. The van der Waals surface area contributed by atoms with Gasteiger partial charge in [0.05, 0.1) is 6.10 Å². The van der Waals surface area contributed by atoms with E-state index < -0.39 is 0 Å². The minimum Gasteiger partial charge on any atom is -0.393 e. The van der Waals surface area contributed by atoms with Crippen LogP contribution >= 0.6 is 0 Å². The van der Waals surface area contributed by atoms with Crippen molar-refractivity contribution in [3.8, 4) is 0 Å². The zero-order valence-corrected chi connectivity index (χ0v) is 4.72. The van der Waals surface area contributed by atoms with Gasteiger partial charge in [-0.25, -0.2) is 0 Å². The Labute approximate surface area is 44.4 Å². The maximum atomic E-state index is 9.00. The van der Waals surface area contributed by atoms with Crippen molar-refractivity contribution in [2.75, 3.05) is 0 Å². The standard InChI is InChI=1S/C6H12O/c1-5-3-2-4-6(5)7/h5-7H,2-4H2,1H3/t5?,6-/m0/s1. The molecule has 1 unspecified atom stereocenters. The Morgan fingerprint density at radius 1 is 1.43 bits per heavy atom. The Hall–Kier alpha value is -0.0400. The van der Waals surface area contributed by atoms with Gasteiger partial charge in [-0.15, -0.1) is 0 Å². The van der Waals surface area contributed by atoms with Gasteiger partial charge < -0.3 is 5.11 Å². The van der Waals surface area contributed by atoms with Gasteiger partial charge in [-0.2, -0.15) is 0 Å². The van der Waals surface area contributed by atoms with Gasteiger partial charge in [0.25, 0.3) is 0 Å². The summed E-state index contributed by atoms with van der Waals surface area (Å²) >= 11 is 0. The van der Waals surface area contributed by atoms with E-state index in [2.05, 4.69) is 6.92 Å². The predicted molar refractivity (Wildman–Crippen MR) is 29.0 cm³/mol. The lowest BCUT2D eigenvalue weighted by molar-refractivity contribution is 0.141. The minimum atomic E-state index is 0.0139. The van der Waals surface area contributed by atoms with Crippen molar-refractivity contribution < 1.29 is 5.11 Å². The van der Waals surface area contributed by atoms with Crippen molar-refractivity contribution in [1.82, 2.24) is 0 Å². The van der Waals surface area contributed by atoms with Gasteiger partial charge in [0.15, 0.2) is 0 Å². The van der Waals surface area contributed by atoms with Gasteiger partial charge in [0.2, 0.25) is 0 Å². The van der Waals surface area contributed by atoms with Gasteiger partial charge in [-0.05, 0) is 18.8 Å². The third kappa shape index (κ3) is 0.942. The molecule has 0 aromatic rings. The molecule has 0 bridgehead atoms. The minimum absolute atomic E-state index is 0.0139. The van der Waals surface area contributed by atoms with E-state index in [0.717, 1.165) is 6.42 Å². The first-order chi connectivity index (χ1) is 3.30. The Bertz CT molecular complexity index is 53.2. The van der Waals surface area contributed by atoms with E-state index in [0.29, 0.717) is 5.92 Å². The molecule has 42 valence electrons. The Morgan fingerprint density at radius 2 is 2.14 bits per heavy atom. The van der Waals surface area contributed by atoms with Gasteiger partial charge in [0, 0.05) is 0 Å². The molecule has 0 saturated heterocycles. The van der Waals surface area contributed by atoms with Crippen molar-refractivity contribution in [1.29, 1.82) is 0 Å². The molecule has 1 nitrogen and oxygen atoms in total. The third-order valence-electron chi connectivity index (χ3n) is 1.82. The van der Waals surface area contributed by atoms with Crippen LogP contribution in [0.5, 0.6) is 0 Å². The molecule has 0 aromatic heterocycles. The van der Waals surface area contributed by atoms with Gasteiger partial charge >= 0.3 is 0 Å². The van der Waals surface area contributed by atoms with Gasteiger partial charge in [-0.1, -0.05) is 13.3 Å². The third-order valence-corrected chi connectivity index (χ3v) is 1.82. The molecule has 0 amide bonds. The Morgan fingerprint density at radius 3 is 2.29 bits per heavy atom. The number of aliphatic hydroxyl groups excluding tert-OH is 1. The second-order valence-electron chi connectivity index (χ2n) is 2.48. The quantitative estimate of drug-likeness (QED) is 0.484. The topological polar surface area (TPSA) is 20.2 Å². The van der Waals surface area contributed by atoms with Crippen molar-refractivity contribution in [2.24, 2.45) is 5.92 Å². The maximum absolute atomic E-state index is 9.00. The van der Waals surface area contributed by atoms with Crippen LogP contribution in [0.2, 0.25) is 0 Å². The lowest BCUT2D eigenvalue weighted by Gasteiger charge is -2.04. The molecule has 0 aromatic carbocycles. The molecular formula is C6H12O. The highest BCUT2D eigenvalue weighted by Gasteiger charge is 2.19. The smallest absolute Gasteiger partial charge is 0.0565 e. The van der Waals surface area contributed by atoms with Crippen LogP contribution in [-0.4, -0.2) is 11.2 Å². The second kappa shape index (κ2) is 1.83. The Balaban J connectivity index is 2.33. The molecule has 2 atom stereocenters. The van der Waals surface area contributed by atoms with Crippen LogP contribution in [0, 0.1) is 5.92 Å². The molecule has 0 spiro atoms. The van der Waals surface area contributed by atoms with E-state index in [1.807, 2.05) is 0 Å². The van der Waals surface area contributed by atoms with E-state index in [1.165, 1.54) is 12.8 Å². The molecule has 1 rings (SSSR count). The van der Waals surface area contributed by atoms with E-state index in [1.54, 1.807) is 0 Å². The van der Waals surface area contributed by atoms with E-state index >= 15 is 0 Å². The van der Waals surface area contributed by atoms with Crippen LogP contribution in [0.3, 0.4) is 0 Å². The lowest BCUT2D eigenvalue weighted by atomic mass is 10.1. The molecule has 7 heavy (non-hydrogen) atoms. The summed E-state index contributed by atoms with van der Waals surface area (Å²) in [6, 6.07) is 0. The van der Waals surface area contributed by atoms with E-state index in [-0.39, 0.29) is 6.10 Å². The fraction of sp³-hybridized carbons (Fsp3) is 1.00. The van der Waals surface area contributed by atoms with Crippen molar-refractivity contribution >= 4 is 0 Å². The first-order valence-electron chi connectivity index (χ1n) is 2.99. The summed E-state index contributed by atoms with van der Waals surface area (Å²) in [6.45, 7) is 2.11. The summed E-state index contributed by atoms with van der Waals surface area (Å²) in [5.74, 6) is 0.569. The van der Waals surface area contributed by atoms with Crippen molar-refractivity contribution in [3.05, 3.63) is 0 Å². The van der Waals surface area contributed by atoms with Gasteiger partial charge in [0.1, 0.15) is 0 Å². The predicted octanol–water partition coefficient (Wildman–Crippen LogP) is 1.17. The fourth-order valence-electron chi connectivity index (χ4n) is 1.13. The van der Waals surface area contributed by atoms with Crippen LogP contribution in [0.15, 0.2) is 0 Å². The van der Waals surface area contributed by atoms with E-state index in [9.17, 15) is 0 Å². The molecule has 1 saturated carbocycles. The second-order valence-corrected chi connectivity index (χ2v) is 2.48. The monoisotopic (exact) mass is 100 g/mol. The van der Waals surface area contributed by atoms with Crippen molar-refractivity contribution in [2.45, 2.75) is 32.3 Å². The maximum Gasteiger partial charge on any atom is 0.0565 e. The lowest BCUT2D eigenvalue weighted by Crippen LogP contribution is -2.07. The molecule has 1 N–H and O–H groups in total. The van der Waals surface area contributed by atoms with Crippen LogP contribution in [-0.2, 0) is 0 Å². The fourth-order valence-corrected chi connectivity index (χ4v) is 1.13. The molecule has 0 radical (unpaired) electrons. The summed E-state index contributed by atoms with van der Waals surface area (Å²) in [5.41, 5.74) is 0. The molecule has 1 fully saturated rings. The summed E-state index contributed by atoms with van der Waals surface area (Å²) < 4.78 is 0. The van der Waals surface area contributed by atoms with E-state index in [4.69, 9.17) is 5.11 Å². The first kappa shape index (κ1) is 5.10. The summed E-state index contributed by atoms with van der Waals surface area (Å²) in [6.07, 6.45) is 3.49. The summed E-state index contributed by atoms with van der Waals surface area (Å²) in [7, 11) is 0. The van der Waals surface area contributed by atoms with Crippen LogP contribution in [0.1, 0.15) is 26.2 Å². The largest absolute Gasteiger partial charge is 0.393 e. The van der Waals surface area contributed by atoms with Crippen LogP contribution in [0.4, 0.5) is 0 Å². The number of hydrogen-bond acceptors (Lipinski definition) is 1. The zero-order chi connectivity index (χ0) is 5.28. The SMILES string of the molecule is CC1CCC[C@@H]1O.